The minimum atomic E-state index is -2.09. The average Bonchev–Trinajstić information content (AvgIpc) is 3.88. The minimum absolute atomic E-state index is 0. The van der Waals surface area contributed by atoms with Gasteiger partial charge in [-0.25, -0.2) is 0 Å². The van der Waals surface area contributed by atoms with Crippen LogP contribution >= 0.6 is 11.3 Å². The summed E-state index contributed by atoms with van der Waals surface area (Å²) in [4.78, 5) is 13.9. The number of aromatic nitrogens is 4. The summed E-state index contributed by atoms with van der Waals surface area (Å²) in [5.41, 5.74) is 15.2. The third kappa shape index (κ3) is 7.83. The van der Waals surface area contributed by atoms with E-state index in [0.717, 1.165) is 61.6 Å². The van der Waals surface area contributed by atoms with Gasteiger partial charge in [0.2, 0.25) is 0 Å². The molecule has 0 aliphatic heterocycles. The van der Waals surface area contributed by atoms with E-state index in [2.05, 4.69) is 160 Å². The summed E-state index contributed by atoms with van der Waals surface area (Å²) in [7, 11) is 0. The summed E-state index contributed by atoms with van der Waals surface area (Å²) < 4.78 is 25.2. The van der Waals surface area contributed by atoms with Crippen molar-refractivity contribution in [3.05, 3.63) is 204 Å². The Morgan fingerprint density at radius 3 is 2.02 bits per heavy atom. The number of benzene rings is 6. The number of aryl methyl sites for hydroxylation is 3. The molecule has 0 fully saturated rings. The van der Waals surface area contributed by atoms with Gasteiger partial charge in [-0.15, -0.1) is 41.3 Å². The molecule has 0 N–H and O–H groups in total. The van der Waals surface area contributed by atoms with Crippen molar-refractivity contribution in [2.24, 2.45) is 0 Å². The van der Waals surface area contributed by atoms with Gasteiger partial charge in [-0.05, 0) is 96.2 Å². The Hall–Kier alpha value is -6.30. The van der Waals surface area contributed by atoms with Gasteiger partial charge in [0.25, 0.3) is 0 Å². The monoisotopic (exact) mass is 946 g/mol. The zero-order valence-corrected chi connectivity index (χ0v) is 35.0. The van der Waals surface area contributed by atoms with Gasteiger partial charge in [0.1, 0.15) is 0 Å². The third-order valence-electron chi connectivity index (χ3n) is 9.92. The van der Waals surface area contributed by atoms with Gasteiger partial charge >= 0.3 is 0 Å². The predicted octanol–water partition coefficient (Wildman–Crippen LogP) is 13.6. The standard InChI is InChI=1S/C40H28N3S.C12H10N.Ir/c1-26-21-32(28-11-5-3-6-12-28)39(33(22-26)29-13-7-4-8-14-29)43-37-16-10-9-15-36(37)42-40(43)35-25-44-38-18-17-30(24-34(35)38)31-19-20-41-27(2)23-31;1-10-7-8-12(13-9-10)11-5-3-2-4-6-11;/h3-24H,1-2H3;2-5,7-9H,1H3;/q2*-1;/i;1D3;. The summed E-state index contributed by atoms with van der Waals surface area (Å²) in [6.07, 6.45) is 3.27. The van der Waals surface area contributed by atoms with Gasteiger partial charge in [-0.1, -0.05) is 119 Å². The van der Waals surface area contributed by atoms with E-state index in [1.807, 2.05) is 31.3 Å². The van der Waals surface area contributed by atoms with Crippen molar-refractivity contribution in [1.82, 2.24) is 19.5 Å². The van der Waals surface area contributed by atoms with Gasteiger partial charge in [0, 0.05) is 53.4 Å². The van der Waals surface area contributed by atoms with Crippen LogP contribution in [-0.2, 0) is 20.1 Å². The summed E-state index contributed by atoms with van der Waals surface area (Å²) >= 11 is 1.64. The first-order chi connectivity index (χ1) is 29.2. The Morgan fingerprint density at radius 1 is 0.638 bits per heavy atom. The van der Waals surface area contributed by atoms with Crippen molar-refractivity contribution in [1.29, 1.82) is 0 Å². The van der Waals surface area contributed by atoms with E-state index in [1.165, 1.54) is 38.7 Å². The molecule has 283 valence electrons. The van der Waals surface area contributed by atoms with Crippen LogP contribution in [0.1, 0.15) is 20.9 Å². The number of thiophene rings is 1. The molecule has 0 atom stereocenters. The molecular formula is C52H38IrN4S-2. The van der Waals surface area contributed by atoms with E-state index in [0.29, 0.717) is 0 Å². The maximum absolute atomic E-state index is 7.23. The maximum Gasteiger partial charge on any atom is 0.0774 e. The molecule has 0 aliphatic carbocycles. The number of nitrogens with zero attached hydrogens (tertiary/aromatic N) is 4. The Bertz CT molecular complexity index is 3030. The van der Waals surface area contributed by atoms with Crippen molar-refractivity contribution in [3.8, 4) is 61.7 Å². The van der Waals surface area contributed by atoms with Crippen LogP contribution in [0, 0.1) is 32.1 Å². The van der Waals surface area contributed by atoms with Gasteiger partial charge < -0.3 is 9.55 Å². The van der Waals surface area contributed by atoms with Crippen LogP contribution in [0.5, 0.6) is 0 Å². The number of imidazole rings is 1. The number of pyridine rings is 2. The molecule has 6 heteroatoms. The molecule has 0 saturated heterocycles. The Kier molecular flexibility index (Phi) is 10.3. The molecule has 0 bridgehead atoms. The van der Waals surface area contributed by atoms with Crippen molar-refractivity contribution >= 4 is 32.5 Å². The van der Waals surface area contributed by atoms with Gasteiger partial charge in [-0.3, -0.25) is 21.3 Å². The molecule has 10 aromatic rings. The fourth-order valence-electron chi connectivity index (χ4n) is 7.27. The summed E-state index contributed by atoms with van der Waals surface area (Å²) in [6, 6.07) is 59.1. The Morgan fingerprint density at radius 2 is 1.34 bits per heavy atom. The van der Waals surface area contributed by atoms with E-state index >= 15 is 0 Å². The van der Waals surface area contributed by atoms with Crippen molar-refractivity contribution < 1.29 is 24.2 Å². The van der Waals surface area contributed by atoms with E-state index in [9.17, 15) is 0 Å². The molecule has 6 aromatic carbocycles. The maximum atomic E-state index is 7.23. The molecule has 10 rings (SSSR count). The van der Waals surface area contributed by atoms with E-state index < -0.39 is 6.85 Å². The van der Waals surface area contributed by atoms with Crippen molar-refractivity contribution in [3.63, 3.8) is 0 Å². The number of rotatable bonds is 6. The van der Waals surface area contributed by atoms with Crippen LogP contribution in [0.3, 0.4) is 0 Å². The smallest absolute Gasteiger partial charge is 0.0774 e. The summed E-state index contributed by atoms with van der Waals surface area (Å²) in [6.45, 7) is 2.12. The normalized spacial score (nSPS) is 11.9. The second-order valence-electron chi connectivity index (χ2n) is 13.9. The molecular weight excluding hydrogens is 905 g/mol. The summed E-state index contributed by atoms with van der Waals surface area (Å²) in [5.74, 6) is 0.888. The first kappa shape index (κ1) is 34.9. The largest absolute Gasteiger partial charge is 0.332 e. The van der Waals surface area contributed by atoms with Crippen molar-refractivity contribution in [2.75, 3.05) is 0 Å². The quantitative estimate of drug-likeness (QED) is 0.156. The number of para-hydroxylation sites is 2. The number of hydrogen-bond acceptors (Lipinski definition) is 4. The molecule has 0 saturated carbocycles. The molecule has 0 aliphatic rings. The van der Waals surface area contributed by atoms with Crippen LogP contribution in [0.2, 0.25) is 0 Å². The molecule has 0 unspecified atom stereocenters. The first-order valence-electron chi connectivity index (χ1n) is 20.3. The van der Waals surface area contributed by atoms with Crippen molar-refractivity contribution in [2.45, 2.75) is 20.7 Å². The number of fused-ring (bicyclic) bond motifs is 2. The van der Waals surface area contributed by atoms with Crippen LogP contribution in [-0.4, -0.2) is 19.5 Å². The van der Waals surface area contributed by atoms with Gasteiger partial charge in [0.05, 0.1) is 22.5 Å². The van der Waals surface area contributed by atoms with Crippen LogP contribution < -0.4 is 0 Å². The van der Waals surface area contributed by atoms with Gasteiger partial charge in [-0.2, -0.15) is 0 Å². The second-order valence-corrected chi connectivity index (χ2v) is 14.7. The van der Waals surface area contributed by atoms with Crippen LogP contribution in [0.25, 0.3) is 82.8 Å². The Labute approximate surface area is 361 Å². The minimum Gasteiger partial charge on any atom is -0.332 e. The predicted molar refractivity (Wildman–Crippen MR) is 238 cm³/mol. The SMILES string of the molecule is Cc1cc(-c2ccccc2)c(-n2c(-c3[c-]sc4ccc(-c5ccnc(C)c5)cc34)nc3ccccc32)c(-c2ccccc2)c1.[2H]C([2H])([2H])c1ccc(-c2[c-]cccc2)nc1.[Ir]. The fraction of sp³-hybridized carbons (Fsp3) is 0.0577. The molecule has 1 radical (unpaired) electrons. The first-order valence-corrected chi connectivity index (χ1v) is 19.6. The zero-order valence-electron chi connectivity index (χ0n) is 34.8. The number of hydrogen-bond donors (Lipinski definition) is 0. The van der Waals surface area contributed by atoms with Crippen LogP contribution in [0.4, 0.5) is 0 Å². The average molecular weight is 946 g/mol. The van der Waals surface area contributed by atoms with Crippen LogP contribution in [0.15, 0.2) is 176 Å². The summed E-state index contributed by atoms with van der Waals surface area (Å²) in [5, 5.41) is 4.81. The second kappa shape index (κ2) is 17.1. The topological polar surface area (TPSA) is 43.6 Å². The molecule has 4 nitrogen and oxygen atoms in total. The Balaban J connectivity index is 0.000000255. The third-order valence-corrected chi connectivity index (χ3v) is 10.8. The zero-order chi connectivity index (χ0) is 41.2. The fourth-order valence-corrected chi connectivity index (χ4v) is 8.09. The molecule has 4 aromatic heterocycles. The molecule has 0 amide bonds. The van der Waals surface area contributed by atoms with Gasteiger partial charge in [0.15, 0.2) is 0 Å². The molecule has 4 heterocycles. The van der Waals surface area contributed by atoms with E-state index in [-0.39, 0.29) is 25.7 Å². The molecule has 58 heavy (non-hydrogen) atoms. The molecule has 0 spiro atoms. The van der Waals surface area contributed by atoms with E-state index in [1.54, 1.807) is 29.5 Å². The van der Waals surface area contributed by atoms with E-state index in [4.69, 9.17) is 9.10 Å².